The van der Waals surface area contributed by atoms with Crippen LogP contribution in [0.3, 0.4) is 0 Å². The topological polar surface area (TPSA) is 49.7 Å². The lowest BCUT2D eigenvalue weighted by atomic mass is 10.1. The Morgan fingerprint density at radius 2 is 1.72 bits per heavy atom. The molecule has 2 unspecified atom stereocenters. The molecule has 0 fully saturated rings. The van der Waals surface area contributed by atoms with Gasteiger partial charge in [-0.3, -0.25) is 0 Å². The zero-order chi connectivity index (χ0) is 13.8. The maximum absolute atomic E-state index is 12.0. The molecule has 18 heavy (non-hydrogen) atoms. The Kier molecular flexibility index (Phi) is 4.98. The molecule has 102 valence electrons. The molecule has 0 amide bonds. The van der Waals surface area contributed by atoms with Gasteiger partial charge in [-0.1, -0.05) is 19.1 Å². The Morgan fingerprint density at radius 1 is 1.17 bits per heavy atom. The first-order valence-corrected chi connectivity index (χ1v) is 5.50. The van der Waals surface area contributed by atoms with Crippen molar-refractivity contribution < 1.29 is 28.1 Å². The summed E-state index contributed by atoms with van der Waals surface area (Å²) in [6, 6.07) is 6.06. The van der Waals surface area contributed by atoms with Gasteiger partial charge in [0.15, 0.2) is 6.10 Å². The zero-order valence-corrected chi connectivity index (χ0v) is 9.81. The van der Waals surface area contributed by atoms with Crippen LogP contribution in [0.15, 0.2) is 24.3 Å². The largest absolute Gasteiger partial charge is 0.491 e. The molecule has 0 aliphatic heterocycles. The van der Waals surface area contributed by atoms with Gasteiger partial charge in [0.25, 0.3) is 0 Å². The second kappa shape index (κ2) is 6.06. The van der Waals surface area contributed by atoms with Crippen LogP contribution >= 0.6 is 0 Å². The van der Waals surface area contributed by atoms with E-state index in [0.29, 0.717) is 12.0 Å². The summed E-state index contributed by atoms with van der Waals surface area (Å²) in [6.45, 7) is 0.966. The van der Waals surface area contributed by atoms with E-state index < -0.39 is 25.0 Å². The second-order valence-corrected chi connectivity index (χ2v) is 3.86. The van der Waals surface area contributed by atoms with Crippen molar-refractivity contribution in [3.8, 4) is 5.75 Å². The Balaban J connectivity index is 2.54. The van der Waals surface area contributed by atoms with E-state index in [1.165, 1.54) is 12.1 Å². The fourth-order valence-corrected chi connectivity index (χ4v) is 1.29. The molecule has 1 rings (SSSR count). The van der Waals surface area contributed by atoms with Crippen LogP contribution in [0, 0.1) is 0 Å². The summed E-state index contributed by atoms with van der Waals surface area (Å²) in [6.07, 6.45) is -7.23. The Morgan fingerprint density at radius 3 is 2.17 bits per heavy atom. The zero-order valence-electron chi connectivity index (χ0n) is 9.81. The van der Waals surface area contributed by atoms with Crippen molar-refractivity contribution in [1.82, 2.24) is 0 Å². The summed E-state index contributed by atoms with van der Waals surface area (Å²) in [5.74, 6) is 0.213. The van der Waals surface area contributed by atoms with Gasteiger partial charge in [-0.15, -0.1) is 0 Å². The number of rotatable bonds is 5. The van der Waals surface area contributed by atoms with Gasteiger partial charge in [0, 0.05) is 0 Å². The highest BCUT2D eigenvalue weighted by molar-refractivity contribution is 5.28. The third-order valence-electron chi connectivity index (χ3n) is 2.44. The van der Waals surface area contributed by atoms with Crippen molar-refractivity contribution in [2.24, 2.45) is 0 Å². The molecule has 0 saturated carbocycles. The van der Waals surface area contributed by atoms with Gasteiger partial charge < -0.3 is 14.9 Å². The monoisotopic (exact) mass is 264 g/mol. The molecule has 2 N–H and O–H groups in total. The lowest BCUT2D eigenvalue weighted by Crippen LogP contribution is -2.34. The summed E-state index contributed by atoms with van der Waals surface area (Å²) >= 11 is 0. The number of aliphatic hydroxyl groups is 2. The van der Waals surface area contributed by atoms with Crippen LogP contribution in [-0.2, 0) is 0 Å². The molecule has 1 aromatic carbocycles. The number of alkyl halides is 3. The molecule has 3 nitrogen and oxygen atoms in total. The van der Waals surface area contributed by atoms with Crippen LogP contribution in [0.4, 0.5) is 13.2 Å². The first kappa shape index (κ1) is 14.8. The molecular weight excluding hydrogens is 249 g/mol. The fourth-order valence-electron chi connectivity index (χ4n) is 1.29. The average Bonchev–Trinajstić information content (AvgIpc) is 2.34. The number of aliphatic hydroxyl groups excluding tert-OH is 2. The Labute approximate surface area is 103 Å². The molecule has 0 aromatic heterocycles. The summed E-state index contributed by atoms with van der Waals surface area (Å²) in [7, 11) is 0. The maximum atomic E-state index is 12.0. The number of benzene rings is 1. The van der Waals surface area contributed by atoms with E-state index >= 15 is 0 Å². The van der Waals surface area contributed by atoms with Gasteiger partial charge in [0.1, 0.15) is 12.4 Å². The van der Waals surface area contributed by atoms with Gasteiger partial charge in [-0.2, -0.15) is 13.2 Å². The molecule has 6 heteroatoms. The van der Waals surface area contributed by atoms with Crippen molar-refractivity contribution in [3.63, 3.8) is 0 Å². The van der Waals surface area contributed by atoms with E-state index in [1.54, 1.807) is 12.1 Å². The average molecular weight is 264 g/mol. The first-order chi connectivity index (χ1) is 8.34. The molecule has 0 heterocycles. The van der Waals surface area contributed by atoms with Crippen LogP contribution < -0.4 is 4.74 Å². The van der Waals surface area contributed by atoms with Crippen LogP contribution in [-0.4, -0.2) is 29.1 Å². The number of halogens is 3. The van der Waals surface area contributed by atoms with E-state index in [9.17, 15) is 18.3 Å². The number of ether oxygens (including phenoxy) is 1. The smallest absolute Gasteiger partial charge is 0.417 e. The molecule has 0 saturated heterocycles. The van der Waals surface area contributed by atoms with E-state index in [1.807, 2.05) is 6.92 Å². The van der Waals surface area contributed by atoms with Gasteiger partial charge in [0.05, 0.1) is 6.10 Å². The van der Waals surface area contributed by atoms with Gasteiger partial charge in [-0.25, -0.2) is 0 Å². The minimum Gasteiger partial charge on any atom is -0.491 e. The van der Waals surface area contributed by atoms with Crippen LogP contribution in [0.5, 0.6) is 5.75 Å². The third-order valence-corrected chi connectivity index (χ3v) is 2.44. The summed E-state index contributed by atoms with van der Waals surface area (Å²) in [5.41, 5.74) is 0.668. The summed E-state index contributed by atoms with van der Waals surface area (Å²) in [4.78, 5) is 0. The van der Waals surface area contributed by atoms with Crippen molar-refractivity contribution >= 4 is 0 Å². The molecule has 0 bridgehead atoms. The Bertz CT molecular complexity index is 362. The standard InChI is InChI=1S/C12H15F3O3/c1-2-10(16)8-3-5-9(6-4-8)18-7-11(17)12(13,14)15/h3-6,10-11,16-17H,2,7H2,1H3. The van der Waals surface area contributed by atoms with Crippen LogP contribution in [0.25, 0.3) is 0 Å². The number of hydrogen-bond donors (Lipinski definition) is 2. The lowest BCUT2D eigenvalue weighted by molar-refractivity contribution is -0.210. The van der Waals surface area contributed by atoms with E-state index in [0.717, 1.165) is 0 Å². The van der Waals surface area contributed by atoms with Gasteiger partial charge in [-0.05, 0) is 24.1 Å². The quantitative estimate of drug-likeness (QED) is 0.858. The predicted octanol–water partition coefficient (Wildman–Crippen LogP) is 2.43. The molecule has 0 spiro atoms. The van der Waals surface area contributed by atoms with Gasteiger partial charge >= 0.3 is 6.18 Å². The normalized spacial score (nSPS) is 15.2. The van der Waals surface area contributed by atoms with Crippen molar-refractivity contribution in [2.45, 2.75) is 31.7 Å². The summed E-state index contributed by atoms with van der Waals surface area (Å²) < 4.78 is 40.8. The van der Waals surface area contributed by atoms with Gasteiger partial charge in [0.2, 0.25) is 0 Å². The van der Waals surface area contributed by atoms with E-state index in [4.69, 9.17) is 9.84 Å². The predicted molar refractivity (Wildman–Crippen MR) is 59.2 cm³/mol. The molecule has 1 aromatic rings. The van der Waals surface area contributed by atoms with E-state index in [-0.39, 0.29) is 5.75 Å². The third kappa shape index (κ3) is 4.19. The maximum Gasteiger partial charge on any atom is 0.417 e. The van der Waals surface area contributed by atoms with Crippen molar-refractivity contribution in [1.29, 1.82) is 0 Å². The Hall–Kier alpha value is -1.27. The molecule has 0 aliphatic carbocycles. The van der Waals surface area contributed by atoms with Crippen molar-refractivity contribution in [2.75, 3.05) is 6.61 Å². The number of hydrogen-bond acceptors (Lipinski definition) is 3. The van der Waals surface area contributed by atoms with Crippen LogP contribution in [0.1, 0.15) is 25.0 Å². The summed E-state index contributed by atoms with van der Waals surface area (Å²) in [5, 5.41) is 18.3. The highest BCUT2D eigenvalue weighted by Crippen LogP contribution is 2.23. The highest BCUT2D eigenvalue weighted by atomic mass is 19.4. The minimum absolute atomic E-state index is 0.213. The SMILES string of the molecule is CCC(O)c1ccc(OCC(O)C(F)(F)F)cc1. The first-order valence-electron chi connectivity index (χ1n) is 5.50. The molecule has 0 radical (unpaired) electrons. The van der Waals surface area contributed by atoms with Crippen molar-refractivity contribution in [3.05, 3.63) is 29.8 Å². The second-order valence-electron chi connectivity index (χ2n) is 3.86. The minimum atomic E-state index is -4.68. The van der Waals surface area contributed by atoms with Crippen LogP contribution in [0.2, 0.25) is 0 Å². The molecule has 2 atom stereocenters. The fraction of sp³-hybridized carbons (Fsp3) is 0.500. The lowest BCUT2D eigenvalue weighted by Gasteiger charge is -2.15. The highest BCUT2D eigenvalue weighted by Gasteiger charge is 2.38. The molecule has 0 aliphatic rings. The van der Waals surface area contributed by atoms with E-state index in [2.05, 4.69) is 0 Å². The molecular formula is C12H15F3O3.